The van der Waals surface area contributed by atoms with Crippen LogP contribution in [0.2, 0.25) is 0 Å². The lowest BCUT2D eigenvalue weighted by Gasteiger charge is -2.29. The molecule has 0 spiro atoms. The molecule has 152 valence electrons. The van der Waals surface area contributed by atoms with Crippen molar-refractivity contribution in [2.75, 3.05) is 32.7 Å². The predicted octanol–water partition coefficient (Wildman–Crippen LogP) is 1.92. The Morgan fingerprint density at radius 2 is 1.86 bits per heavy atom. The average molecular weight is 386 g/mol. The lowest BCUT2D eigenvalue weighted by atomic mass is 10.1. The van der Waals surface area contributed by atoms with Crippen LogP contribution in [0.15, 0.2) is 6.20 Å². The Morgan fingerprint density at radius 1 is 1.07 bits per heavy atom. The van der Waals surface area contributed by atoms with Gasteiger partial charge in [0.1, 0.15) is 0 Å². The summed E-state index contributed by atoms with van der Waals surface area (Å²) in [6.45, 7) is 6.30. The van der Waals surface area contributed by atoms with Crippen LogP contribution in [0.25, 0.3) is 0 Å². The van der Waals surface area contributed by atoms with Crippen molar-refractivity contribution in [3.05, 3.63) is 23.3 Å². The molecular formula is C21H31N5O2. The van der Waals surface area contributed by atoms with E-state index in [0.717, 1.165) is 56.0 Å². The minimum Gasteiger partial charge on any atom is -0.338 e. The summed E-state index contributed by atoms with van der Waals surface area (Å²) in [5, 5.41) is 0. The SMILES string of the molecule is CC(=O)N1CCc2nc([C@H]3CCCN3C(=O)CN3CCCCCC3)ncc2C1. The van der Waals surface area contributed by atoms with Crippen molar-refractivity contribution >= 4 is 11.8 Å². The number of carbonyl (C=O) groups is 2. The van der Waals surface area contributed by atoms with Gasteiger partial charge < -0.3 is 9.80 Å². The summed E-state index contributed by atoms with van der Waals surface area (Å²) in [7, 11) is 0. The topological polar surface area (TPSA) is 69.6 Å². The van der Waals surface area contributed by atoms with Crippen molar-refractivity contribution in [3.8, 4) is 0 Å². The van der Waals surface area contributed by atoms with E-state index in [-0.39, 0.29) is 17.9 Å². The molecule has 3 aliphatic rings. The smallest absolute Gasteiger partial charge is 0.237 e. The molecule has 28 heavy (non-hydrogen) atoms. The molecule has 0 radical (unpaired) electrons. The number of likely N-dealkylation sites (tertiary alicyclic amines) is 2. The van der Waals surface area contributed by atoms with Crippen LogP contribution in [0, 0.1) is 0 Å². The lowest BCUT2D eigenvalue weighted by Crippen LogP contribution is -2.41. The quantitative estimate of drug-likeness (QED) is 0.795. The van der Waals surface area contributed by atoms with E-state index in [1.165, 1.54) is 25.7 Å². The third-order valence-electron chi connectivity index (χ3n) is 6.33. The van der Waals surface area contributed by atoms with E-state index in [2.05, 4.69) is 9.88 Å². The first-order valence-corrected chi connectivity index (χ1v) is 10.7. The van der Waals surface area contributed by atoms with Gasteiger partial charge >= 0.3 is 0 Å². The van der Waals surface area contributed by atoms with E-state index < -0.39 is 0 Å². The minimum atomic E-state index is -0.00406. The van der Waals surface area contributed by atoms with Crippen molar-refractivity contribution in [2.45, 2.75) is 64.5 Å². The molecule has 2 saturated heterocycles. The molecule has 7 nitrogen and oxygen atoms in total. The Balaban J connectivity index is 1.44. The second-order valence-electron chi connectivity index (χ2n) is 8.33. The van der Waals surface area contributed by atoms with Crippen LogP contribution in [0.5, 0.6) is 0 Å². The van der Waals surface area contributed by atoms with Crippen molar-refractivity contribution in [3.63, 3.8) is 0 Å². The summed E-state index contributed by atoms with van der Waals surface area (Å²) in [5.74, 6) is 1.08. The highest BCUT2D eigenvalue weighted by atomic mass is 16.2. The van der Waals surface area contributed by atoms with Crippen LogP contribution in [0.3, 0.4) is 0 Å². The van der Waals surface area contributed by atoms with Crippen LogP contribution < -0.4 is 0 Å². The second kappa shape index (κ2) is 8.55. The Hall–Kier alpha value is -2.02. The zero-order chi connectivity index (χ0) is 19.5. The van der Waals surface area contributed by atoms with E-state index in [1.807, 2.05) is 16.0 Å². The van der Waals surface area contributed by atoms with Crippen molar-refractivity contribution in [1.82, 2.24) is 24.7 Å². The number of amides is 2. The molecule has 4 heterocycles. The van der Waals surface area contributed by atoms with Crippen LogP contribution >= 0.6 is 0 Å². The molecule has 7 heteroatoms. The average Bonchev–Trinajstić information content (AvgIpc) is 3.06. The number of hydrogen-bond donors (Lipinski definition) is 0. The molecule has 1 atom stereocenters. The lowest BCUT2D eigenvalue weighted by molar-refractivity contribution is -0.133. The van der Waals surface area contributed by atoms with Crippen molar-refractivity contribution in [2.24, 2.45) is 0 Å². The maximum Gasteiger partial charge on any atom is 0.237 e. The molecule has 2 amide bonds. The fraction of sp³-hybridized carbons (Fsp3) is 0.714. The van der Waals surface area contributed by atoms with Gasteiger partial charge in [-0.2, -0.15) is 0 Å². The number of fused-ring (bicyclic) bond motifs is 1. The molecule has 2 fully saturated rings. The number of hydrogen-bond acceptors (Lipinski definition) is 5. The molecule has 0 saturated carbocycles. The largest absolute Gasteiger partial charge is 0.338 e. The molecule has 4 rings (SSSR count). The molecule has 1 aromatic rings. The van der Waals surface area contributed by atoms with Gasteiger partial charge in [-0.3, -0.25) is 14.5 Å². The van der Waals surface area contributed by atoms with Gasteiger partial charge in [-0.15, -0.1) is 0 Å². The molecule has 0 N–H and O–H groups in total. The first-order chi connectivity index (χ1) is 13.6. The highest BCUT2D eigenvalue weighted by molar-refractivity contribution is 5.79. The van der Waals surface area contributed by atoms with Gasteiger partial charge in [0, 0.05) is 44.7 Å². The first kappa shape index (κ1) is 19.3. The highest BCUT2D eigenvalue weighted by Gasteiger charge is 2.33. The Kier molecular flexibility index (Phi) is 5.90. The monoisotopic (exact) mass is 385 g/mol. The molecule has 0 aliphatic carbocycles. The molecule has 1 aromatic heterocycles. The summed E-state index contributed by atoms with van der Waals surface area (Å²) in [4.78, 5) is 40.2. The van der Waals surface area contributed by atoms with E-state index in [1.54, 1.807) is 6.92 Å². The Labute approximate surface area is 167 Å². The summed E-state index contributed by atoms with van der Waals surface area (Å²) >= 11 is 0. The van der Waals surface area contributed by atoms with Crippen LogP contribution in [-0.4, -0.2) is 69.2 Å². The van der Waals surface area contributed by atoms with Gasteiger partial charge in [0.15, 0.2) is 5.82 Å². The summed E-state index contributed by atoms with van der Waals surface area (Å²) in [6.07, 6.45) is 9.52. The van der Waals surface area contributed by atoms with E-state index in [9.17, 15) is 9.59 Å². The number of rotatable bonds is 3. The number of carbonyl (C=O) groups excluding carboxylic acids is 2. The van der Waals surface area contributed by atoms with E-state index >= 15 is 0 Å². The Morgan fingerprint density at radius 3 is 2.61 bits per heavy atom. The minimum absolute atomic E-state index is 0.00406. The first-order valence-electron chi connectivity index (χ1n) is 10.7. The number of aromatic nitrogens is 2. The maximum absolute atomic E-state index is 13.0. The van der Waals surface area contributed by atoms with Crippen LogP contribution in [0.1, 0.15) is 68.6 Å². The fourth-order valence-corrected chi connectivity index (χ4v) is 4.67. The van der Waals surface area contributed by atoms with Crippen LogP contribution in [0.4, 0.5) is 0 Å². The zero-order valence-electron chi connectivity index (χ0n) is 16.9. The van der Waals surface area contributed by atoms with E-state index in [4.69, 9.17) is 4.98 Å². The van der Waals surface area contributed by atoms with Gasteiger partial charge in [-0.05, 0) is 38.8 Å². The van der Waals surface area contributed by atoms with Gasteiger partial charge in [-0.1, -0.05) is 12.8 Å². The maximum atomic E-state index is 13.0. The molecule has 3 aliphatic heterocycles. The molecular weight excluding hydrogens is 354 g/mol. The molecule has 0 bridgehead atoms. The summed E-state index contributed by atoms with van der Waals surface area (Å²) in [5.41, 5.74) is 2.07. The number of nitrogens with zero attached hydrogens (tertiary/aromatic N) is 5. The zero-order valence-corrected chi connectivity index (χ0v) is 16.9. The van der Waals surface area contributed by atoms with Gasteiger partial charge in [-0.25, -0.2) is 9.97 Å². The third-order valence-corrected chi connectivity index (χ3v) is 6.33. The van der Waals surface area contributed by atoms with Crippen molar-refractivity contribution < 1.29 is 9.59 Å². The summed E-state index contributed by atoms with van der Waals surface area (Å²) in [6, 6.07) is -0.00406. The molecule has 0 unspecified atom stereocenters. The second-order valence-corrected chi connectivity index (χ2v) is 8.33. The highest BCUT2D eigenvalue weighted by Crippen LogP contribution is 2.31. The normalized spacial score (nSPS) is 23.4. The van der Waals surface area contributed by atoms with Gasteiger partial charge in [0.05, 0.1) is 18.3 Å². The van der Waals surface area contributed by atoms with Crippen LogP contribution in [-0.2, 0) is 22.6 Å². The van der Waals surface area contributed by atoms with Gasteiger partial charge in [0.2, 0.25) is 11.8 Å². The molecule has 0 aromatic carbocycles. The Bertz CT molecular complexity index is 730. The third kappa shape index (κ3) is 4.19. The summed E-state index contributed by atoms with van der Waals surface area (Å²) < 4.78 is 0. The van der Waals surface area contributed by atoms with Gasteiger partial charge in [0.25, 0.3) is 0 Å². The van der Waals surface area contributed by atoms with E-state index in [0.29, 0.717) is 19.6 Å². The fourth-order valence-electron chi connectivity index (χ4n) is 4.67. The predicted molar refractivity (Wildman–Crippen MR) is 105 cm³/mol. The van der Waals surface area contributed by atoms with Crippen molar-refractivity contribution in [1.29, 1.82) is 0 Å². The standard InChI is InChI=1S/C21H31N5O2/c1-16(27)25-12-8-18-17(14-25)13-22-21(23-18)19-7-6-11-26(19)20(28)15-24-9-4-2-3-5-10-24/h13,19H,2-12,14-15H2,1H3/t19-/m1/s1.